The van der Waals surface area contributed by atoms with E-state index in [4.69, 9.17) is 9.47 Å². The molecule has 4 nitrogen and oxygen atoms in total. The first kappa shape index (κ1) is 28.1. The van der Waals surface area contributed by atoms with Crippen LogP contribution in [0.2, 0.25) is 0 Å². The summed E-state index contributed by atoms with van der Waals surface area (Å²) in [6.45, 7) is 8.37. The van der Waals surface area contributed by atoms with E-state index < -0.39 is 0 Å². The lowest BCUT2D eigenvalue weighted by atomic mass is 9.82. The summed E-state index contributed by atoms with van der Waals surface area (Å²) in [7, 11) is 0. The predicted octanol–water partition coefficient (Wildman–Crippen LogP) is 7.79. The van der Waals surface area contributed by atoms with E-state index >= 15 is 0 Å². The van der Waals surface area contributed by atoms with Gasteiger partial charge in [-0.25, -0.2) is 0 Å². The second kappa shape index (κ2) is 14.2. The summed E-state index contributed by atoms with van der Waals surface area (Å²) in [6, 6.07) is 28.7. The molecule has 3 aromatic carbocycles. The molecule has 3 fully saturated rings. The summed E-state index contributed by atoms with van der Waals surface area (Å²) in [6.07, 6.45) is 10.4. The Morgan fingerprint density at radius 2 is 1.00 bits per heavy atom. The third-order valence-corrected chi connectivity index (χ3v) is 9.15. The molecule has 1 aliphatic carbocycles. The highest BCUT2D eigenvalue weighted by Gasteiger charge is 2.25. The lowest BCUT2D eigenvalue weighted by molar-refractivity contribution is 0.237. The van der Waals surface area contributed by atoms with Crippen molar-refractivity contribution in [2.45, 2.75) is 51.4 Å². The fraction of sp³-hybridized carbons (Fsp3) is 0.459. The molecular weight excluding hydrogens is 504 g/mol. The summed E-state index contributed by atoms with van der Waals surface area (Å²) in [4.78, 5) is 5.01. The Hall–Kier alpha value is -3.08. The number of nitrogens with zero attached hydrogens (tertiary/aromatic N) is 2. The molecule has 0 amide bonds. The Balaban J connectivity index is 1.26. The highest BCUT2D eigenvalue weighted by Crippen LogP contribution is 2.44. The van der Waals surface area contributed by atoms with Crippen molar-refractivity contribution < 1.29 is 9.47 Å². The Morgan fingerprint density at radius 1 is 0.537 bits per heavy atom. The van der Waals surface area contributed by atoms with Crippen LogP contribution in [0.1, 0.15) is 68.1 Å². The first-order chi connectivity index (χ1) is 20.3. The van der Waals surface area contributed by atoms with Crippen LogP contribution in [0, 0.1) is 5.92 Å². The molecule has 0 bridgehead atoms. The van der Waals surface area contributed by atoms with E-state index in [1.807, 2.05) is 0 Å². The third kappa shape index (κ3) is 7.42. The molecule has 6 rings (SSSR count). The molecule has 0 radical (unpaired) electrons. The van der Waals surface area contributed by atoms with Gasteiger partial charge in [0.1, 0.15) is 24.7 Å². The Kier molecular flexibility index (Phi) is 9.72. The third-order valence-electron chi connectivity index (χ3n) is 9.15. The molecule has 3 aliphatic rings. The van der Waals surface area contributed by atoms with Gasteiger partial charge in [-0.05, 0) is 123 Å². The van der Waals surface area contributed by atoms with E-state index in [2.05, 4.69) is 88.7 Å². The SMILES string of the molecule is c1ccc(C(=C(c2ccc(OCCN3CCCC3)cc2)c2ccc(OCCN3CCCC3)cc2)C2CCCC2)cc1. The minimum Gasteiger partial charge on any atom is -0.492 e. The van der Waals surface area contributed by atoms with Gasteiger partial charge in [0.05, 0.1) is 0 Å². The second-order valence-electron chi connectivity index (χ2n) is 12.0. The van der Waals surface area contributed by atoms with Gasteiger partial charge in [-0.2, -0.15) is 0 Å². The minimum atomic E-state index is 0.570. The summed E-state index contributed by atoms with van der Waals surface area (Å²) in [5.74, 6) is 2.48. The van der Waals surface area contributed by atoms with Crippen molar-refractivity contribution in [2.75, 3.05) is 52.5 Å². The fourth-order valence-corrected chi connectivity index (χ4v) is 6.93. The van der Waals surface area contributed by atoms with Crippen molar-refractivity contribution in [3.63, 3.8) is 0 Å². The Morgan fingerprint density at radius 3 is 1.46 bits per heavy atom. The van der Waals surface area contributed by atoms with Gasteiger partial charge in [0.15, 0.2) is 0 Å². The number of allylic oxidation sites excluding steroid dienone is 1. The van der Waals surface area contributed by atoms with E-state index in [9.17, 15) is 0 Å². The monoisotopic (exact) mass is 550 g/mol. The number of ether oxygens (including phenoxy) is 2. The quantitative estimate of drug-likeness (QED) is 0.215. The maximum Gasteiger partial charge on any atom is 0.119 e. The fourth-order valence-electron chi connectivity index (χ4n) is 6.93. The van der Waals surface area contributed by atoms with Gasteiger partial charge < -0.3 is 9.47 Å². The zero-order valence-corrected chi connectivity index (χ0v) is 24.6. The van der Waals surface area contributed by atoms with Gasteiger partial charge in [0.25, 0.3) is 0 Å². The van der Waals surface area contributed by atoms with Gasteiger partial charge in [0.2, 0.25) is 0 Å². The van der Waals surface area contributed by atoms with Crippen molar-refractivity contribution in [3.05, 3.63) is 95.6 Å². The molecule has 0 N–H and O–H groups in total. The highest BCUT2D eigenvalue weighted by atomic mass is 16.5. The van der Waals surface area contributed by atoms with Crippen LogP contribution in [-0.2, 0) is 0 Å². The average molecular weight is 551 g/mol. The number of likely N-dealkylation sites (tertiary alicyclic amines) is 2. The van der Waals surface area contributed by atoms with E-state index in [-0.39, 0.29) is 0 Å². The van der Waals surface area contributed by atoms with Crippen molar-refractivity contribution in [3.8, 4) is 11.5 Å². The molecular formula is C37H46N2O2. The number of rotatable bonds is 12. The molecule has 0 spiro atoms. The number of hydrogen-bond donors (Lipinski definition) is 0. The van der Waals surface area contributed by atoms with Crippen LogP contribution >= 0.6 is 0 Å². The molecule has 4 heteroatoms. The normalized spacial score (nSPS) is 18.1. The summed E-state index contributed by atoms with van der Waals surface area (Å²) >= 11 is 0. The number of hydrogen-bond acceptors (Lipinski definition) is 4. The average Bonchev–Trinajstić information content (AvgIpc) is 3.83. The molecule has 3 aromatic rings. The van der Waals surface area contributed by atoms with Crippen LogP contribution in [0.5, 0.6) is 11.5 Å². The van der Waals surface area contributed by atoms with Crippen molar-refractivity contribution >= 4 is 11.1 Å². The van der Waals surface area contributed by atoms with E-state index in [1.165, 1.54) is 105 Å². The maximum atomic E-state index is 6.17. The smallest absolute Gasteiger partial charge is 0.119 e. The summed E-state index contributed by atoms with van der Waals surface area (Å²) in [5, 5.41) is 0. The number of benzene rings is 3. The molecule has 41 heavy (non-hydrogen) atoms. The minimum absolute atomic E-state index is 0.570. The van der Waals surface area contributed by atoms with Gasteiger partial charge in [-0.3, -0.25) is 9.80 Å². The van der Waals surface area contributed by atoms with Gasteiger partial charge >= 0.3 is 0 Å². The molecule has 0 aromatic heterocycles. The van der Waals surface area contributed by atoms with Crippen LogP contribution in [0.25, 0.3) is 11.1 Å². The van der Waals surface area contributed by atoms with Crippen molar-refractivity contribution in [1.29, 1.82) is 0 Å². The Labute approximate surface area is 247 Å². The summed E-state index contributed by atoms with van der Waals surface area (Å²) in [5.41, 5.74) is 6.67. The first-order valence-corrected chi connectivity index (χ1v) is 16.0. The van der Waals surface area contributed by atoms with Crippen LogP contribution in [0.15, 0.2) is 78.9 Å². The van der Waals surface area contributed by atoms with Gasteiger partial charge in [0, 0.05) is 13.1 Å². The van der Waals surface area contributed by atoms with Crippen LogP contribution in [0.3, 0.4) is 0 Å². The van der Waals surface area contributed by atoms with E-state index in [0.717, 1.165) is 37.8 Å². The van der Waals surface area contributed by atoms with Crippen LogP contribution in [0.4, 0.5) is 0 Å². The highest BCUT2D eigenvalue weighted by molar-refractivity contribution is 5.99. The maximum absolute atomic E-state index is 6.17. The zero-order valence-electron chi connectivity index (χ0n) is 24.6. The van der Waals surface area contributed by atoms with E-state index in [1.54, 1.807) is 0 Å². The summed E-state index contributed by atoms with van der Waals surface area (Å²) < 4.78 is 12.3. The molecule has 1 saturated carbocycles. The molecule has 0 atom stereocenters. The zero-order chi connectivity index (χ0) is 27.7. The second-order valence-corrected chi connectivity index (χ2v) is 12.0. The topological polar surface area (TPSA) is 24.9 Å². The Bertz CT molecular complexity index is 1170. The van der Waals surface area contributed by atoms with Crippen LogP contribution < -0.4 is 9.47 Å². The lowest BCUT2D eigenvalue weighted by Crippen LogP contribution is -2.25. The molecule has 0 unspecified atom stereocenters. The van der Waals surface area contributed by atoms with E-state index in [0.29, 0.717) is 5.92 Å². The van der Waals surface area contributed by atoms with Crippen molar-refractivity contribution in [2.24, 2.45) is 5.92 Å². The van der Waals surface area contributed by atoms with Crippen molar-refractivity contribution in [1.82, 2.24) is 9.80 Å². The van der Waals surface area contributed by atoms with Crippen LogP contribution in [-0.4, -0.2) is 62.3 Å². The molecule has 2 saturated heterocycles. The standard InChI is InChI=1S/C37H46N2O2/c1-2-10-30(11-3-1)36(31-12-4-5-13-31)37(32-14-18-34(19-15-32)40-28-26-38-22-6-7-23-38)33-16-20-35(21-17-33)41-29-27-39-24-8-9-25-39/h1-3,10-11,14-21,31H,4-9,12-13,22-29H2. The molecule has 216 valence electrons. The lowest BCUT2D eigenvalue weighted by Gasteiger charge is -2.23. The largest absolute Gasteiger partial charge is 0.492 e. The molecule has 2 heterocycles. The van der Waals surface area contributed by atoms with Gasteiger partial charge in [-0.15, -0.1) is 0 Å². The predicted molar refractivity (Wildman–Crippen MR) is 170 cm³/mol. The van der Waals surface area contributed by atoms with Gasteiger partial charge in [-0.1, -0.05) is 67.4 Å². The molecule has 2 aliphatic heterocycles. The first-order valence-electron chi connectivity index (χ1n) is 16.0.